The van der Waals surface area contributed by atoms with Crippen LogP contribution in [-0.2, 0) is 0 Å². The highest BCUT2D eigenvalue weighted by atomic mass is 16.1. The molecule has 0 aliphatic carbocycles. The summed E-state index contributed by atoms with van der Waals surface area (Å²) in [4.78, 5) is 14.2. The number of azide groups is 1. The molecule has 1 N–H and O–H groups in total. The third-order valence-corrected chi connectivity index (χ3v) is 1.71. The third kappa shape index (κ3) is 3.32. The van der Waals surface area contributed by atoms with Crippen molar-refractivity contribution in [1.29, 1.82) is 0 Å². The molecule has 0 aliphatic rings. The van der Waals surface area contributed by atoms with Crippen LogP contribution in [0, 0.1) is 0 Å². The molecule has 0 radical (unpaired) electrons. The van der Waals surface area contributed by atoms with Gasteiger partial charge in [-0.2, -0.15) is 0 Å². The van der Waals surface area contributed by atoms with Crippen molar-refractivity contribution < 1.29 is 4.79 Å². The lowest BCUT2D eigenvalue weighted by atomic mass is 10.2. The van der Waals surface area contributed by atoms with Crippen LogP contribution in [0.2, 0.25) is 0 Å². The first kappa shape index (κ1) is 11.1. The van der Waals surface area contributed by atoms with E-state index >= 15 is 0 Å². The van der Waals surface area contributed by atoms with Crippen molar-refractivity contribution in [3.05, 3.63) is 40.3 Å². The molecule has 0 spiro atoms. The molecule has 0 aromatic heterocycles. The van der Waals surface area contributed by atoms with Crippen molar-refractivity contribution in [1.82, 2.24) is 5.32 Å². The Morgan fingerprint density at radius 3 is 2.47 bits per heavy atom. The molecule has 15 heavy (non-hydrogen) atoms. The van der Waals surface area contributed by atoms with Crippen LogP contribution in [0.15, 0.2) is 29.4 Å². The van der Waals surface area contributed by atoms with E-state index in [0.717, 1.165) is 0 Å². The maximum atomic E-state index is 11.5. The second-order valence-corrected chi connectivity index (χ2v) is 3.36. The molecule has 0 bridgehead atoms. The van der Waals surface area contributed by atoms with Crippen LogP contribution >= 0.6 is 0 Å². The highest BCUT2D eigenvalue weighted by Gasteiger charge is 2.05. The Hall–Kier alpha value is -2.00. The average Bonchev–Trinajstić information content (AvgIpc) is 2.18. The second-order valence-electron chi connectivity index (χ2n) is 3.36. The number of nitrogens with zero attached hydrogens (tertiary/aromatic N) is 3. The lowest BCUT2D eigenvalue weighted by Crippen LogP contribution is -2.29. The number of hydrogen-bond donors (Lipinski definition) is 1. The lowest BCUT2D eigenvalue weighted by Gasteiger charge is -2.07. The minimum absolute atomic E-state index is 0.106. The van der Waals surface area contributed by atoms with Gasteiger partial charge in [-0.1, -0.05) is 17.2 Å². The van der Waals surface area contributed by atoms with Crippen molar-refractivity contribution in [3.8, 4) is 0 Å². The van der Waals surface area contributed by atoms with Crippen LogP contribution in [-0.4, -0.2) is 11.9 Å². The average molecular weight is 204 g/mol. The molecule has 1 rings (SSSR count). The largest absolute Gasteiger partial charge is 0.350 e. The van der Waals surface area contributed by atoms with Crippen molar-refractivity contribution in [2.75, 3.05) is 0 Å². The predicted octanol–water partition coefficient (Wildman–Crippen LogP) is 2.77. The molecule has 0 unspecified atom stereocenters. The first-order valence-electron chi connectivity index (χ1n) is 4.59. The van der Waals surface area contributed by atoms with Crippen molar-refractivity contribution in [2.24, 2.45) is 5.11 Å². The number of benzene rings is 1. The smallest absolute Gasteiger partial charge is 0.251 e. The van der Waals surface area contributed by atoms with Crippen molar-refractivity contribution in [3.63, 3.8) is 0 Å². The van der Waals surface area contributed by atoms with E-state index in [4.69, 9.17) is 5.53 Å². The quantitative estimate of drug-likeness (QED) is 0.458. The van der Waals surface area contributed by atoms with Gasteiger partial charge < -0.3 is 5.32 Å². The molecule has 0 saturated heterocycles. The van der Waals surface area contributed by atoms with Gasteiger partial charge in [0.25, 0.3) is 5.91 Å². The van der Waals surface area contributed by atoms with Gasteiger partial charge in [-0.15, -0.1) is 0 Å². The number of carbonyl (C=O) groups excluding carboxylic acids is 1. The Morgan fingerprint density at radius 2 is 2.00 bits per heavy atom. The normalized spacial score (nSPS) is 9.53. The number of nitrogens with one attached hydrogen (secondary N) is 1. The van der Waals surface area contributed by atoms with Crippen LogP contribution in [0.5, 0.6) is 0 Å². The molecule has 0 heterocycles. The van der Waals surface area contributed by atoms with Gasteiger partial charge in [0.05, 0.1) is 0 Å². The highest BCUT2D eigenvalue weighted by Crippen LogP contribution is 2.12. The molecule has 0 fully saturated rings. The molecule has 78 valence electrons. The molecule has 0 aliphatic heterocycles. The van der Waals surface area contributed by atoms with Gasteiger partial charge in [0.1, 0.15) is 0 Å². The molecule has 1 aromatic rings. The summed E-state index contributed by atoms with van der Waals surface area (Å²) in [6.07, 6.45) is 0. The number of rotatable bonds is 3. The van der Waals surface area contributed by atoms with Gasteiger partial charge in [-0.3, -0.25) is 4.79 Å². The van der Waals surface area contributed by atoms with Gasteiger partial charge in [0.2, 0.25) is 0 Å². The number of carbonyl (C=O) groups is 1. The number of hydrogen-bond acceptors (Lipinski definition) is 2. The Bertz CT molecular complexity index is 390. The Balaban J connectivity index is 2.79. The van der Waals surface area contributed by atoms with Gasteiger partial charge in [0, 0.05) is 22.2 Å². The van der Waals surface area contributed by atoms with Gasteiger partial charge in [-0.25, -0.2) is 0 Å². The molecule has 1 amide bonds. The fraction of sp³-hybridized carbons (Fsp3) is 0.300. The monoisotopic (exact) mass is 204 g/mol. The molecule has 1 aromatic carbocycles. The van der Waals surface area contributed by atoms with Gasteiger partial charge in [-0.05, 0) is 31.5 Å². The van der Waals surface area contributed by atoms with E-state index < -0.39 is 0 Å². The third-order valence-electron chi connectivity index (χ3n) is 1.71. The maximum Gasteiger partial charge on any atom is 0.251 e. The zero-order chi connectivity index (χ0) is 11.3. The summed E-state index contributed by atoms with van der Waals surface area (Å²) in [6.45, 7) is 3.79. The Labute approximate surface area is 87.7 Å². The fourth-order valence-corrected chi connectivity index (χ4v) is 1.08. The van der Waals surface area contributed by atoms with Crippen molar-refractivity contribution in [2.45, 2.75) is 19.9 Å². The first-order chi connectivity index (χ1) is 7.13. The molecule has 0 atom stereocenters. The summed E-state index contributed by atoms with van der Waals surface area (Å²) >= 11 is 0. The summed E-state index contributed by atoms with van der Waals surface area (Å²) < 4.78 is 0. The van der Waals surface area contributed by atoms with E-state index in [1.165, 1.54) is 0 Å². The Kier molecular flexibility index (Phi) is 3.71. The summed E-state index contributed by atoms with van der Waals surface area (Å²) in [7, 11) is 0. The van der Waals surface area contributed by atoms with E-state index in [9.17, 15) is 4.79 Å². The van der Waals surface area contributed by atoms with E-state index in [1.54, 1.807) is 24.3 Å². The number of amides is 1. The first-order valence-corrected chi connectivity index (χ1v) is 4.59. The molecule has 0 saturated carbocycles. The molecular weight excluding hydrogens is 192 g/mol. The maximum absolute atomic E-state index is 11.5. The predicted molar refractivity (Wildman–Crippen MR) is 57.9 cm³/mol. The van der Waals surface area contributed by atoms with Crippen LogP contribution < -0.4 is 5.32 Å². The van der Waals surface area contributed by atoms with E-state index in [0.29, 0.717) is 11.3 Å². The molecule has 5 heteroatoms. The van der Waals surface area contributed by atoms with Crippen molar-refractivity contribution >= 4 is 11.6 Å². The second kappa shape index (κ2) is 5.02. The standard InChI is InChI=1S/C10H12N4O/c1-7(2)12-10(15)8-3-5-9(6-4-8)13-14-11/h3-7H,1-2H3,(H,12,15). The Morgan fingerprint density at radius 1 is 1.40 bits per heavy atom. The molecular formula is C10H12N4O. The van der Waals surface area contributed by atoms with E-state index in [1.807, 2.05) is 13.8 Å². The lowest BCUT2D eigenvalue weighted by molar-refractivity contribution is 0.0943. The van der Waals surface area contributed by atoms with Crippen LogP contribution in [0.3, 0.4) is 0 Å². The van der Waals surface area contributed by atoms with Gasteiger partial charge >= 0.3 is 0 Å². The molecule has 5 nitrogen and oxygen atoms in total. The minimum atomic E-state index is -0.127. The minimum Gasteiger partial charge on any atom is -0.350 e. The van der Waals surface area contributed by atoms with Gasteiger partial charge in [0.15, 0.2) is 0 Å². The highest BCUT2D eigenvalue weighted by molar-refractivity contribution is 5.94. The van der Waals surface area contributed by atoms with Crippen LogP contribution in [0.25, 0.3) is 10.4 Å². The van der Waals surface area contributed by atoms with E-state index in [-0.39, 0.29) is 11.9 Å². The summed E-state index contributed by atoms with van der Waals surface area (Å²) in [5, 5.41) is 6.19. The fourth-order valence-electron chi connectivity index (χ4n) is 1.08. The zero-order valence-corrected chi connectivity index (χ0v) is 8.64. The van der Waals surface area contributed by atoms with Crippen LogP contribution in [0.4, 0.5) is 5.69 Å². The SMILES string of the molecule is CC(C)NC(=O)c1ccc(N=[N+]=[N-])cc1. The summed E-state index contributed by atoms with van der Waals surface area (Å²) in [6, 6.07) is 6.57. The summed E-state index contributed by atoms with van der Waals surface area (Å²) in [5.41, 5.74) is 9.25. The van der Waals surface area contributed by atoms with Crippen LogP contribution in [0.1, 0.15) is 24.2 Å². The zero-order valence-electron chi connectivity index (χ0n) is 8.64. The van der Waals surface area contributed by atoms with E-state index in [2.05, 4.69) is 15.3 Å². The topological polar surface area (TPSA) is 77.9 Å². The summed E-state index contributed by atoms with van der Waals surface area (Å²) in [5.74, 6) is -0.127.